The minimum absolute atomic E-state index is 0.0919. The van der Waals surface area contributed by atoms with Crippen LogP contribution in [0.1, 0.15) is 188 Å². The van der Waals surface area contributed by atoms with Gasteiger partial charge in [0.15, 0.2) is 6.10 Å². The van der Waals surface area contributed by atoms with Crippen LogP contribution in [0.5, 0.6) is 0 Å². The summed E-state index contributed by atoms with van der Waals surface area (Å²) >= 11 is 0. The molecule has 0 aliphatic rings. The van der Waals surface area contributed by atoms with Crippen molar-refractivity contribution in [3.05, 3.63) is 60.8 Å². The van der Waals surface area contributed by atoms with Gasteiger partial charge in [-0.3, -0.25) is 14.4 Å². The van der Waals surface area contributed by atoms with Crippen molar-refractivity contribution < 1.29 is 28.6 Å². The van der Waals surface area contributed by atoms with Crippen LogP contribution >= 0.6 is 0 Å². The lowest BCUT2D eigenvalue weighted by Crippen LogP contribution is -2.30. The molecule has 0 fully saturated rings. The fourth-order valence-corrected chi connectivity index (χ4v) is 5.35. The number of ether oxygens (including phenoxy) is 3. The van der Waals surface area contributed by atoms with Gasteiger partial charge < -0.3 is 14.2 Å². The van der Waals surface area contributed by atoms with E-state index in [0.717, 1.165) is 109 Å². The van der Waals surface area contributed by atoms with Gasteiger partial charge in [0.25, 0.3) is 0 Å². The summed E-state index contributed by atoms with van der Waals surface area (Å²) in [5.41, 5.74) is 0. The molecule has 0 amide bonds. The largest absolute Gasteiger partial charge is 0.462 e. The summed E-state index contributed by atoms with van der Waals surface area (Å²) in [7, 11) is 0. The Balaban J connectivity index is 4.39. The SMILES string of the molecule is CC/C=C\C/C=C\C/C=C\CCCCCC(=O)OC(COC(=O)CCCCCCCC)COC(=O)CCCCCCC/C=C\C/C=C\CCCC. The van der Waals surface area contributed by atoms with Crippen molar-refractivity contribution >= 4 is 17.9 Å². The first-order chi connectivity index (χ1) is 25.0. The van der Waals surface area contributed by atoms with Crippen molar-refractivity contribution in [3.8, 4) is 0 Å². The molecule has 1 unspecified atom stereocenters. The minimum atomic E-state index is -0.789. The zero-order valence-corrected chi connectivity index (χ0v) is 33.1. The van der Waals surface area contributed by atoms with E-state index < -0.39 is 6.10 Å². The maximum atomic E-state index is 12.6. The quantitative estimate of drug-likeness (QED) is 0.0278. The lowest BCUT2D eigenvalue weighted by atomic mass is 10.1. The molecule has 0 saturated heterocycles. The van der Waals surface area contributed by atoms with Crippen LogP contribution in [0.2, 0.25) is 0 Å². The van der Waals surface area contributed by atoms with E-state index in [2.05, 4.69) is 81.5 Å². The molecule has 0 aromatic rings. The first-order valence-corrected chi connectivity index (χ1v) is 20.8. The molecule has 0 saturated carbocycles. The monoisotopic (exact) mass is 713 g/mol. The molecule has 1 atom stereocenters. The second-order valence-electron chi connectivity index (χ2n) is 13.5. The van der Waals surface area contributed by atoms with Crippen LogP contribution in [-0.2, 0) is 28.6 Å². The van der Waals surface area contributed by atoms with Gasteiger partial charge in [-0.25, -0.2) is 0 Å². The Bertz CT molecular complexity index is 960. The van der Waals surface area contributed by atoms with Gasteiger partial charge in [-0.2, -0.15) is 0 Å². The van der Waals surface area contributed by atoms with E-state index in [1.165, 1.54) is 38.5 Å². The third kappa shape index (κ3) is 38.2. The van der Waals surface area contributed by atoms with Crippen molar-refractivity contribution in [3.63, 3.8) is 0 Å². The first-order valence-electron chi connectivity index (χ1n) is 20.8. The van der Waals surface area contributed by atoms with E-state index in [9.17, 15) is 14.4 Å². The third-order valence-corrected chi connectivity index (χ3v) is 8.51. The predicted octanol–water partition coefficient (Wildman–Crippen LogP) is 13.0. The molecule has 51 heavy (non-hydrogen) atoms. The number of allylic oxidation sites excluding steroid dienone is 10. The van der Waals surface area contributed by atoms with Crippen molar-refractivity contribution in [2.75, 3.05) is 13.2 Å². The molecule has 0 aromatic heterocycles. The summed E-state index contributed by atoms with van der Waals surface area (Å²) in [6, 6.07) is 0. The van der Waals surface area contributed by atoms with Crippen LogP contribution in [-0.4, -0.2) is 37.2 Å². The Morgan fingerprint density at radius 3 is 1.27 bits per heavy atom. The second-order valence-corrected chi connectivity index (χ2v) is 13.5. The average molecular weight is 713 g/mol. The maximum absolute atomic E-state index is 12.6. The molecule has 0 N–H and O–H groups in total. The summed E-state index contributed by atoms with van der Waals surface area (Å²) in [5, 5.41) is 0. The molecule has 292 valence electrons. The van der Waals surface area contributed by atoms with Crippen LogP contribution in [0.4, 0.5) is 0 Å². The Morgan fingerprint density at radius 2 is 0.784 bits per heavy atom. The van der Waals surface area contributed by atoms with Gasteiger partial charge in [0, 0.05) is 19.3 Å². The van der Waals surface area contributed by atoms with Crippen molar-refractivity contribution in [2.45, 2.75) is 194 Å². The first kappa shape index (κ1) is 48.1. The number of hydrogen-bond donors (Lipinski definition) is 0. The van der Waals surface area contributed by atoms with Crippen LogP contribution in [0.25, 0.3) is 0 Å². The zero-order valence-electron chi connectivity index (χ0n) is 33.1. The highest BCUT2D eigenvalue weighted by molar-refractivity contribution is 5.71. The van der Waals surface area contributed by atoms with Crippen molar-refractivity contribution in [1.82, 2.24) is 0 Å². The smallest absolute Gasteiger partial charge is 0.306 e. The average Bonchev–Trinajstić information content (AvgIpc) is 3.13. The molecular formula is C45H76O6. The van der Waals surface area contributed by atoms with E-state index in [1.54, 1.807) is 0 Å². The van der Waals surface area contributed by atoms with Gasteiger partial charge in [0.05, 0.1) is 0 Å². The van der Waals surface area contributed by atoms with Crippen molar-refractivity contribution in [2.24, 2.45) is 0 Å². The maximum Gasteiger partial charge on any atom is 0.306 e. The molecule has 0 rings (SSSR count). The number of rotatable bonds is 36. The van der Waals surface area contributed by atoms with Gasteiger partial charge in [-0.15, -0.1) is 0 Å². The van der Waals surface area contributed by atoms with Gasteiger partial charge in [-0.05, 0) is 77.0 Å². The molecule has 0 aliphatic carbocycles. The Labute approximate surface area is 313 Å². The molecule has 0 spiro atoms. The topological polar surface area (TPSA) is 78.9 Å². The normalized spacial score (nSPS) is 12.6. The summed E-state index contributed by atoms with van der Waals surface area (Å²) < 4.78 is 16.5. The van der Waals surface area contributed by atoms with Crippen molar-refractivity contribution in [1.29, 1.82) is 0 Å². The van der Waals surface area contributed by atoms with E-state index in [0.29, 0.717) is 19.3 Å². The van der Waals surface area contributed by atoms with Crippen LogP contribution in [0, 0.1) is 0 Å². The Hall–Kier alpha value is -2.89. The number of esters is 3. The number of unbranched alkanes of at least 4 members (excludes halogenated alkanes) is 15. The highest BCUT2D eigenvalue weighted by Gasteiger charge is 2.19. The molecule has 0 aromatic carbocycles. The summed E-state index contributed by atoms with van der Waals surface area (Å²) in [6.45, 7) is 6.35. The lowest BCUT2D eigenvalue weighted by molar-refractivity contribution is -0.167. The summed E-state index contributed by atoms with van der Waals surface area (Å²) in [5.74, 6) is -0.954. The fourth-order valence-electron chi connectivity index (χ4n) is 5.35. The Morgan fingerprint density at radius 1 is 0.412 bits per heavy atom. The minimum Gasteiger partial charge on any atom is -0.462 e. The zero-order chi connectivity index (χ0) is 37.3. The fraction of sp³-hybridized carbons (Fsp3) is 0.711. The number of carbonyl (C=O) groups excluding carboxylic acids is 3. The molecule has 6 heteroatoms. The number of hydrogen-bond acceptors (Lipinski definition) is 6. The molecule has 0 bridgehead atoms. The van der Waals surface area contributed by atoms with E-state index >= 15 is 0 Å². The summed E-state index contributed by atoms with van der Waals surface area (Å²) in [6.07, 6.45) is 46.5. The highest BCUT2D eigenvalue weighted by Crippen LogP contribution is 2.12. The standard InChI is InChI=1S/C45H76O6/c1-4-7-10-13-16-18-20-22-24-25-27-29-32-35-38-44(47)50-41-42(40-49-43(46)37-34-31-15-12-9-6-3)51-45(48)39-36-33-30-28-26-23-21-19-17-14-11-8-5-2/h8,11,13,16-17,19-20,22-23,26,42H,4-7,9-10,12,14-15,18,21,24-25,27-41H2,1-3H3/b11-8-,16-13-,19-17-,22-20-,26-23-. The van der Waals surface area contributed by atoms with Crippen LogP contribution < -0.4 is 0 Å². The van der Waals surface area contributed by atoms with E-state index in [-0.39, 0.29) is 31.1 Å². The van der Waals surface area contributed by atoms with Crippen LogP contribution in [0.3, 0.4) is 0 Å². The van der Waals surface area contributed by atoms with Gasteiger partial charge in [0.1, 0.15) is 13.2 Å². The molecular weight excluding hydrogens is 636 g/mol. The highest BCUT2D eigenvalue weighted by atomic mass is 16.6. The Kier molecular flexibility index (Phi) is 37.6. The molecule has 0 radical (unpaired) electrons. The second kappa shape index (κ2) is 39.9. The van der Waals surface area contributed by atoms with Gasteiger partial charge >= 0.3 is 17.9 Å². The lowest BCUT2D eigenvalue weighted by Gasteiger charge is -2.18. The van der Waals surface area contributed by atoms with Gasteiger partial charge in [-0.1, -0.05) is 152 Å². The molecule has 6 nitrogen and oxygen atoms in total. The third-order valence-electron chi connectivity index (χ3n) is 8.51. The van der Waals surface area contributed by atoms with E-state index in [4.69, 9.17) is 14.2 Å². The number of carbonyl (C=O) groups is 3. The molecule has 0 aliphatic heterocycles. The summed E-state index contributed by atoms with van der Waals surface area (Å²) in [4.78, 5) is 37.4. The molecule has 0 heterocycles. The predicted molar refractivity (Wildman–Crippen MR) is 215 cm³/mol. The van der Waals surface area contributed by atoms with E-state index in [1.807, 2.05) is 0 Å². The van der Waals surface area contributed by atoms with Gasteiger partial charge in [0.2, 0.25) is 0 Å². The van der Waals surface area contributed by atoms with Crippen LogP contribution in [0.15, 0.2) is 60.8 Å².